The molecule has 174 valence electrons. The summed E-state index contributed by atoms with van der Waals surface area (Å²) in [5.41, 5.74) is 7.41. The summed E-state index contributed by atoms with van der Waals surface area (Å²) in [6, 6.07) is 19.9. The first kappa shape index (κ1) is 20.6. The van der Waals surface area contributed by atoms with E-state index in [9.17, 15) is 0 Å². The highest BCUT2D eigenvalue weighted by molar-refractivity contribution is 5.94. The molecule has 2 aliphatic rings. The van der Waals surface area contributed by atoms with Gasteiger partial charge in [-0.1, -0.05) is 18.2 Å². The lowest BCUT2D eigenvalue weighted by Gasteiger charge is -2.35. The summed E-state index contributed by atoms with van der Waals surface area (Å²) in [4.78, 5) is 19.3. The van der Waals surface area contributed by atoms with E-state index in [-0.39, 0.29) is 0 Å². The predicted molar refractivity (Wildman–Crippen MR) is 141 cm³/mol. The van der Waals surface area contributed by atoms with Crippen molar-refractivity contribution >= 4 is 22.4 Å². The number of nitrogens with zero attached hydrogens (tertiary/aromatic N) is 6. The van der Waals surface area contributed by atoms with Gasteiger partial charge in [0.25, 0.3) is 0 Å². The van der Waals surface area contributed by atoms with E-state index in [4.69, 9.17) is 15.0 Å². The fourth-order valence-corrected chi connectivity index (χ4v) is 5.38. The molecule has 0 N–H and O–H groups in total. The molecule has 6 heteroatoms. The molecule has 1 aromatic carbocycles. The number of aryl methyl sites for hydroxylation is 1. The van der Waals surface area contributed by atoms with Crippen molar-refractivity contribution in [2.24, 2.45) is 0 Å². The Bertz CT molecular complexity index is 1520. The number of hydrogen-bond acceptors (Lipinski definition) is 5. The standard InChI is InChI=1S/C29H28N6/c1-20-16-25(24-4-2-3-5-26(24)32-20)27-19-31-29-17-21(10-11-35(27)29)22-6-9-28(30-18-22)34-14-12-33(13-15-34)23-7-8-23/h2-6,9-11,16-19,23H,7-8,12-15H2,1H3. The summed E-state index contributed by atoms with van der Waals surface area (Å²) in [6.45, 7) is 6.48. The number of para-hydroxylation sites is 1. The summed E-state index contributed by atoms with van der Waals surface area (Å²) >= 11 is 0. The van der Waals surface area contributed by atoms with Crippen molar-refractivity contribution in [3.05, 3.63) is 78.9 Å². The number of pyridine rings is 3. The van der Waals surface area contributed by atoms with Gasteiger partial charge in [-0.3, -0.25) is 14.3 Å². The zero-order valence-corrected chi connectivity index (χ0v) is 19.9. The Labute approximate surface area is 204 Å². The van der Waals surface area contributed by atoms with Crippen molar-refractivity contribution in [3.8, 4) is 22.4 Å². The lowest BCUT2D eigenvalue weighted by molar-refractivity contribution is 0.247. The summed E-state index contributed by atoms with van der Waals surface area (Å²) in [6.07, 6.45) is 8.84. The topological polar surface area (TPSA) is 49.6 Å². The Hall–Kier alpha value is -3.77. The van der Waals surface area contributed by atoms with Crippen molar-refractivity contribution in [1.29, 1.82) is 0 Å². The van der Waals surface area contributed by atoms with Gasteiger partial charge in [-0.2, -0.15) is 0 Å². The minimum Gasteiger partial charge on any atom is -0.354 e. The van der Waals surface area contributed by atoms with E-state index in [2.05, 4.69) is 68.9 Å². The first-order valence-corrected chi connectivity index (χ1v) is 12.5. The van der Waals surface area contributed by atoms with Crippen LogP contribution < -0.4 is 4.90 Å². The highest BCUT2D eigenvalue weighted by Crippen LogP contribution is 2.31. The minimum absolute atomic E-state index is 0.854. The van der Waals surface area contributed by atoms with Gasteiger partial charge in [0.2, 0.25) is 0 Å². The van der Waals surface area contributed by atoms with E-state index in [0.29, 0.717) is 0 Å². The monoisotopic (exact) mass is 460 g/mol. The lowest BCUT2D eigenvalue weighted by Crippen LogP contribution is -2.47. The van der Waals surface area contributed by atoms with Crippen LogP contribution in [0, 0.1) is 6.92 Å². The molecule has 7 rings (SSSR count). The molecule has 1 saturated carbocycles. The van der Waals surface area contributed by atoms with Crippen LogP contribution in [0.3, 0.4) is 0 Å². The van der Waals surface area contributed by atoms with E-state index in [1.54, 1.807) is 0 Å². The summed E-state index contributed by atoms with van der Waals surface area (Å²) < 4.78 is 2.16. The molecule has 4 aromatic heterocycles. The van der Waals surface area contributed by atoms with Crippen LogP contribution in [0.1, 0.15) is 18.5 Å². The molecule has 0 spiro atoms. The molecule has 0 atom stereocenters. The first-order chi connectivity index (χ1) is 17.2. The largest absolute Gasteiger partial charge is 0.354 e. The Kier molecular flexibility index (Phi) is 4.81. The van der Waals surface area contributed by atoms with Crippen molar-refractivity contribution in [3.63, 3.8) is 0 Å². The Morgan fingerprint density at radius 1 is 0.829 bits per heavy atom. The highest BCUT2D eigenvalue weighted by atomic mass is 15.3. The molecule has 1 saturated heterocycles. The van der Waals surface area contributed by atoms with Crippen LogP contribution in [0.5, 0.6) is 0 Å². The van der Waals surface area contributed by atoms with Gasteiger partial charge < -0.3 is 4.90 Å². The van der Waals surface area contributed by atoms with Crippen molar-refractivity contribution < 1.29 is 0 Å². The minimum atomic E-state index is 0.854. The van der Waals surface area contributed by atoms with Gasteiger partial charge >= 0.3 is 0 Å². The maximum absolute atomic E-state index is 4.81. The van der Waals surface area contributed by atoms with Gasteiger partial charge in [-0.15, -0.1) is 0 Å². The second-order valence-corrected chi connectivity index (χ2v) is 9.77. The van der Waals surface area contributed by atoms with Crippen LogP contribution in [-0.4, -0.2) is 56.5 Å². The number of rotatable bonds is 4. The molecule has 1 aliphatic carbocycles. The second kappa shape index (κ2) is 8.17. The third-order valence-corrected chi connectivity index (χ3v) is 7.42. The van der Waals surface area contributed by atoms with Crippen molar-refractivity contribution in [2.75, 3.05) is 31.1 Å². The number of fused-ring (bicyclic) bond motifs is 2. The molecule has 35 heavy (non-hydrogen) atoms. The zero-order chi connectivity index (χ0) is 23.4. The molecule has 0 bridgehead atoms. The van der Waals surface area contributed by atoms with Gasteiger partial charge in [-0.25, -0.2) is 9.97 Å². The van der Waals surface area contributed by atoms with E-state index < -0.39 is 0 Å². The Morgan fingerprint density at radius 2 is 1.69 bits per heavy atom. The molecule has 2 fully saturated rings. The van der Waals surface area contributed by atoms with Crippen LogP contribution in [-0.2, 0) is 0 Å². The third kappa shape index (κ3) is 3.74. The van der Waals surface area contributed by atoms with E-state index in [0.717, 1.165) is 82.7 Å². The van der Waals surface area contributed by atoms with Crippen molar-refractivity contribution in [2.45, 2.75) is 25.8 Å². The maximum atomic E-state index is 4.81. The summed E-state index contributed by atoms with van der Waals surface area (Å²) in [7, 11) is 0. The number of aromatic nitrogens is 4. The van der Waals surface area contributed by atoms with E-state index in [1.165, 1.54) is 12.8 Å². The molecular weight excluding hydrogens is 432 g/mol. The van der Waals surface area contributed by atoms with Gasteiger partial charge in [0.05, 0.1) is 17.4 Å². The number of imidazole rings is 1. The summed E-state index contributed by atoms with van der Waals surface area (Å²) in [5, 5.41) is 1.14. The highest BCUT2D eigenvalue weighted by Gasteiger charge is 2.31. The van der Waals surface area contributed by atoms with Crippen LogP contribution in [0.25, 0.3) is 38.9 Å². The van der Waals surface area contributed by atoms with E-state index >= 15 is 0 Å². The Balaban J connectivity index is 1.17. The number of piperazine rings is 1. The van der Waals surface area contributed by atoms with Crippen LogP contribution in [0.2, 0.25) is 0 Å². The zero-order valence-electron chi connectivity index (χ0n) is 19.9. The number of hydrogen-bond donors (Lipinski definition) is 0. The predicted octanol–water partition coefficient (Wildman–Crippen LogP) is 5.20. The second-order valence-electron chi connectivity index (χ2n) is 9.77. The smallest absolute Gasteiger partial charge is 0.137 e. The Morgan fingerprint density at radius 3 is 2.49 bits per heavy atom. The van der Waals surface area contributed by atoms with Crippen LogP contribution in [0.15, 0.2) is 73.2 Å². The molecule has 6 nitrogen and oxygen atoms in total. The van der Waals surface area contributed by atoms with Gasteiger partial charge in [0.1, 0.15) is 11.5 Å². The lowest BCUT2D eigenvalue weighted by atomic mass is 10.1. The first-order valence-electron chi connectivity index (χ1n) is 12.5. The number of anilines is 1. The summed E-state index contributed by atoms with van der Waals surface area (Å²) in [5.74, 6) is 1.08. The fraction of sp³-hybridized carbons (Fsp3) is 0.276. The molecular formula is C29H28N6. The average molecular weight is 461 g/mol. The quantitative estimate of drug-likeness (QED) is 0.369. The van der Waals surface area contributed by atoms with Crippen LogP contribution >= 0.6 is 0 Å². The molecule has 5 heterocycles. The van der Waals surface area contributed by atoms with Gasteiger partial charge in [-0.05, 0) is 61.7 Å². The molecule has 0 unspecified atom stereocenters. The van der Waals surface area contributed by atoms with Gasteiger partial charge in [0, 0.05) is 66.8 Å². The van der Waals surface area contributed by atoms with Crippen LogP contribution in [0.4, 0.5) is 5.82 Å². The van der Waals surface area contributed by atoms with Crippen molar-refractivity contribution in [1.82, 2.24) is 24.3 Å². The normalized spacial score (nSPS) is 16.9. The third-order valence-electron chi connectivity index (χ3n) is 7.42. The molecule has 5 aromatic rings. The average Bonchev–Trinajstić information content (AvgIpc) is 3.67. The number of benzene rings is 1. The SMILES string of the molecule is Cc1cc(-c2cnc3cc(-c4ccc(N5CCN(C6CC6)CC5)nc4)ccn23)c2ccccc2n1. The van der Waals surface area contributed by atoms with Gasteiger partial charge in [0.15, 0.2) is 0 Å². The fourth-order valence-electron chi connectivity index (χ4n) is 5.38. The van der Waals surface area contributed by atoms with E-state index in [1.807, 2.05) is 25.4 Å². The molecule has 1 aliphatic heterocycles. The molecule has 0 radical (unpaired) electrons. The molecule has 0 amide bonds. The maximum Gasteiger partial charge on any atom is 0.137 e.